The minimum Gasteiger partial charge on any atom is -0.300 e. The molecule has 3 rings (SSSR count). The van der Waals surface area contributed by atoms with Crippen LogP contribution >= 0.6 is 23.1 Å². The molecular weight excluding hydrogens is 381 g/mol. The molecule has 27 heavy (non-hydrogen) atoms. The van der Waals surface area contributed by atoms with E-state index in [4.69, 9.17) is 0 Å². The van der Waals surface area contributed by atoms with Crippen molar-refractivity contribution in [3.63, 3.8) is 0 Å². The van der Waals surface area contributed by atoms with Gasteiger partial charge in [-0.05, 0) is 49.3 Å². The van der Waals surface area contributed by atoms with Gasteiger partial charge in [0.1, 0.15) is 5.82 Å². The second-order valence-electron chi connectivity index (χ2n) is 7.14. The van der Waals surface area contributed by atoms with Crippen molar-refractivity contribution in [2.75, 3.05) is 5.32 Å². The Balaban J connectivity index is 1.43. The van der Waals surface area contributed by atoms with Crippen LogP contribution in [-0.4, -0.2) is 16.1 Å². The maximum absolute atomic E-state index is 12.9. The third-order valence-electron chi connectivity index (χ3n) is 5.10. The molecule has 0 saturated heterocycles. The van der Waals surface area contributed by atoms with E-state index in [1.165, 1.54) is 42.7 Å². The van der Waals surface area contributed by atoms with Crippen LogP contribution in [-0.2, 0) is 10.5 Å². The summed E-state index contributed by atoms with van der Waals surface area (Å²) < 4.78 is 13.7. The van der Waals surface area contributed by atoms with E-state index < -0.39 is 0 Å². The highest BCUT2D eigenvalue weighted by Gasteiger charge is 2.26. The predicted octanol–water partition coefficient (Wildman–Crippen LogP) is 5.90. The van der Waals surface area contributed by atoms with Crippen LogP contribution in [0.3, 0.4) is 0 Å². The van der Waals surface area contributed by atoms with Crippen LogP contribution in [0, 0.1) is 17.7 Å². The Hall–Kier alpha value is -1.47. The molecule has 2 aromatic rings. The molecule has 1 heterocycles. The number of thioether (sulfide) groups is 1. The van der Waals surface area contributed by atoms with Crippen molar-refractivity contribution in [3.05, 3.63) is 35.6 Å². The summed E-state index contributed by atoms with van der Waals surface area (Å²) in [6.07, 6.45) is 8.12. The third-order valence-corrected chi connectivity index (χ3v) is 7.14. The zero-order valence-corrected chi connectivity index (χ0v) is 17.3. The average molecular weight is 408 g/mol. The molecule has 1 N–H and O–H groups in total. The summed E-state index contributed by atoms with van der Waals surface area (Å²) in [5, 5.41) is 11.7. The summed E-state index contributed by atoms with van der Waals surface area (Å²) in [6, 6.07) is 6.45. The number of nitrogens with zero attached hydrogens (tertiary/aromatic N) is 2. The molecule has 1 saturated carbocycles. The van der Waals surface area contributed by atoms with Crippen molar-refractivity contribution < 1.29 is 9.18 Å². The number of hydrogen-bond acceptors (Lipinski definition) is 5. The number of nitrogens with one attached hydrogen (secondary N) is 1. The van der Waals surface area contributed by atoms with Crippen LogP contribution in [0.15, 0.2) is 28.6 Å². The largest absolute Gasteiger partial charge is 0.300 e. The van der Waals surface area contributed by atoms with Gasteiger partial charge in [0.05, 0.1) is 0 Å². The topological polar surface area (TPSA) is 54.9 Å². The Morgan fingerprint density at radius 2 is 1.96 bits per heavy atom. The average Bonchev–Trinajstić information content (AvgIpc) is 3.13. The lowest BCUT2D eigenvalue weighted by Gasteiger charge is -2.27. The van der Waals surface area contributed by atoms with Crippen LogP contribution in [0.2, 0.25) is 0 Å². The highest BCUT2D eigenvalue weighted by Crippen LogP contribution is 2.33. The fourth-order valence-corrected chi connectivity index (χ4v) is 5.17. The van der Waals surface area contributed by atoms with Crippen molar-refractivity contribution >= 4 is 34.1 Å². The number of rotatable bonds is 8. The summed E-state index contributed by atoms with van der Waals surface area (Å²) in [5.41, 5.74) is 1.03. The number of halogens is 1. The van der Waals surface area contributed by atoms with Gasteiger partial charge in [0, 0.05) is 11.7 Å². The summed E-state index contributed by atoms with van der Waals surface area (Å²) in [4.78, 5) is 12.5. The zero-order chi connectivity index (χ0) is 19.1. The van der Waals surface area contributed by atoms with E-state index in [0.29, 0.717) is 10.9 Å². The lowest BCUT2D eigenvalue weighted by molar-refractivity contribution is -0.121. The summed E-state index contributed by atoms with van der Waals surface area (Å²) in [6.45, 7) is 2.23. The van der Waals surface area contributed by atoms with E-state index in [1.807, 2.05) is 0 Å². The molecule has 0 spiro atoms. The number of benzene rings is 1. The molecule has 1 aromatic heterocycles. The number of anilines is 1. The van der Waals surface area contributed by atoms with Crippen molar-refractivity contribution in [3.8, 4) is 0 Å². The quantitative estimate of drug-likeness (QED) is 0.437. The number of carbonyl (C=O) groups is 1. The van der Waals surface area contributed by atoms with Gasteiger partial charge in [-0.2, -0.15) is 0 Å². The van der Waals surface area contributed by atoms with Crippen LogP contribution in [0.1, 0.15) is 57.4 Å². The molecule has 1 fully saturated rings. The first-order chi connectivity index (χ1) is 13.1. The molecule has 146 valence electrons. The van der Waals surface area contributed by atoms with E-state index >= 15 is 0 Å². The molecule has 7 heteroatoms. The maximum atomic E-state index is 12.9. The van der Waals surface area contributed by atoms with Gasteiger partial charge in [-0.15, -0.1) is 10.2 Å². The SMILES string of the molecule is CCCCC1CCC(C(=O)Nc2nnc(SCc3ccc(F)cc3)s2)CC1. The van der Waals surface area contributed by atoms with E-state index in [0.717, 1.165) is 41.5 Å². The minimum atomic E-state index is -0.232. The highest BCUT2D eigenvalue weighted by atomic mass is 32.2. The lowest BCUT2D eigenvalue weighted by atomic mass is 9.79. The second-order valence-corrected chi connectivity index (χ2v) is 9.34. The van der Waals surface area contributed by atoms with E-state index in [-0.39, 0.29) is 17.6 Å². The predicted molar refractivity (Wildman–Crippen MR) is 109 cm³/mol. The first-order valence-electron chi connectivity index (χ1n) is 9.65. The van der Waals surface area contributed by atoms with Gasteiger partial charge in [0.15, 0.2) is 4.34 Å². The van der Waals surface area contributed by atoms with Crippen molar-refractivity contribution in [2.45, 2.75) is 62.0 Å². The Labute approximate surface area is 168 Å². The second kappa shape index (κ2) is 10.2. The van der Waals surface area contributed by atoms with E-state index in [9.17, 15) is 9.18 Å². The van der Waals surface area contributed by atoms with Gasteiger partial charge in [0.2, 0.25) is 11.0 Å². The number of hydrogen-bond donors (Lipinski definition) is 1. The van der Waals surface area contributed by atoms with E-state index in [1.54, 1.807) is 23.9 Å². The molecule has 1 aliphatic rings. The van der Waals surface area contributed by atoms with Gasteiger partial charge in [-0.25, -0.2) is 4.39 Å². The smallest absolute Gasteiger partial charge is 0.229 e. The molecule has 1 aromatic carbocycles. The molecule has 0 atom stereocenters. The monoisotopic (exact) mass is 407 g/mol. The Kier molecular flexibility index (Phi) is 7.64. The Morgan fingerprint density at radius 1 is 1.22 bits per heavy atom. The summed E-state index contributed by atoms with van der Waals surface area (Å²) in [7, 11) is 0. The van der Waals surface area contributed by atoms with Gasteiger partial charge < -0.3 is 5.32 Å². The number of amides is 1. The fraction of sp³-hybridized carbons (Fsp3) is 0.550. The van der Waals surface area contributed by atoms with Crippen molar-refractivity contribution in [1.29, 1.82) is 0 Å². The van der Waals surface area contributed by atoms with Crippen LogP contribution < -0.4 is 5.32 Å². The molecule has 0 bridgehead atoms. The van der Waals surface area contributed by atoms with Crippen LogP contribution in [0.5, 0.6) is 0 Å². The van der Waals surface area contributed by atoms with Crippen molar-refractivity contribution in [2.24, 2.45) is 11.8 Å². The Bertz CT molecular complexity index is 727. The van der Waals surface area contributed by atoms with Gasteiger partial charge in [-0.1, -0.05) is 61.4 Å². The fourth-order valence-electron chi connectivity index (χ4n) is 3.46. The maximum Gasteiger partial charge on any atom is 0.229 e. The summed E-state index contributed by atoms with van der Waals surface area (Å²) >= 11 is 2.94. The summed E-state index contributed by atoms with van der Waals surface area (Å²) in [5.74, 6) is 1.44. The third kappa shape index (κ3) is 6.28. The number of carbonyl (C=O) groups excluding carboxylic acids is 1. The standard InChI is InChI=1S/C20H26FN3OS2/c1-2-3-4-14-5-9-16(10-6-14)18(25)22-19-23-24-20(27-19)26-13-15-7-11-17(21)12-8-15/h7-8,11-12,14,16H,2-6,9-10,13H2,1H3,(H,22,23,25). The zero-order valence-electron chi connectivity index (χ0n) is 15.6. The van der Waals surface area contributed by atoms with Gasteiger partial charge in [0.25, 0.3) is 0 Å². The molecular formula is C20H26FN3OS2. The molecule has 1 amide bonds. The number of unbranched alkanes of at least 4 members (excludes halogenated alkanes) is 1. The molecule has 1 aliphatic carbocycles. The first kappa shape index (κ1) is 20.3. The number of aromatic nitrogens is 2. The van der Waals surface area contributed by atoms with E-state index in [2.05, 4.69) is 22.4 Å². The van der Waals surface area contributed by atoms with Crippen LogP contribution in [0.4, 0.5) is 9.52 Å². The first-order valence-corrected chi connectivity index (χ1v) is 11.5. The lowest BCUT2D eigenvalue weighted by Crippen LogP contribution is -2.27. The molecule has 0 aliphatic heterocycles. The Morgan fingerprint density at radius 3 is 2.67 bits per heavy atom. The normalized spacial score (nSPS) is 19.8. The van der Waals surface area contributed by atoms with Gasteiger partial charge >= 0.3 is 0 Å². The van der Waals surface area contributed by atoms with Gasteiger partial charge in [-0.3, -0.25) is 4.79 Å². The molecule has 4 nitrogen and oxygen atoms in total. The van der Waals surface area contributed by atoms with Crippen LogP contribution in [0.25, 0.3) is 0 Å². The minimum absolute atomic E-state index is 0.0789. The highest BCUT2D eigenvalue weighted by molar-refractivity contribution is 8.00. The van der Waals surface area contributed by atoms with Crippen molar-refractivity contribution in [1.82, 2.24) is 10.2 Å². The molecule has 0 radical (unpaired) electrons. The molecule has 0 unspecified atom stereocenters.